The zero-order valence-electron chi connectivity index (χ0n) is 11.7. The summed E-state index contributed by atoms with van der Waals surface area (Å²) in [5.74, 6) is 1.33. The molecule has 0 aliphatic carbocycles. The lowest BCUT2D eigenvalue weighted by Gasteiger charge is -2.28. The molecular formula is C14H19BrN2O4. The molecule has 2 atom stereocenters. The van der Waals surface area contributed by atoms with Gasteiger partial charge in [0.25, 0.3) is 0 Å². The lowest BCUT2D eigenvalue weighted by atomic mass is 9.94. The van der Waals surface area contributed by atoms with E-state index in [0.717, 1.165) is 37.5 Å². The molecule has 0 radical (unpaired) electrons. The molecule has 2 fully saturated rings. The van der Waals surface area contributed by atoms with E-state index in [1.165, 1.54) is 4.90 Å². The third-order valence-corrected chi connectivity index (χ3v) is 5.23. The third kappa shape index (κ3) is 3.23. The van der Waals surface area contributed by atoms with Crippen LogP contribution in [0, 0.1) is 0 Å². The number of carbonyl (C=O) groups is 1. The molecule has 1 N–H and O–H groups in total. The maximum absolute atomic E-state index is 10.9. The van der Waals surface area contributed by atoms with Crippen LogP contribution in [0.15, 0.2) is 10.7 Å². The van der Waals surface area contributed by atoms with Crippen molar-refractivity contribution in [3.8, 4) is 0 Å². The van der Waals surface area contributed by atoms with Crippen molar-refractivity contribution < 1.29 is 19.1 Å². The van der Waals surface area contributed by atoms with Gasteiger partial charge in [-0.2, -0.15) is 0 Å². The molecule has 2 aliphatic heterocycles. The van der Waals surface area contributed by atoms with Crippen LogP contribution >= 0.6 is 15.9 Å². The minimum atomic E-state index is -0.835. The van der Waals surface area contributed by atoms with E-state index in [2.05, 4.69) is 20.9 Å². The van der Waals surface area contributed by atoms with Crippen molar-refractivity contribution in [2.45, 2.75) is 35.9 Å². The first-order chi connectivity index (χ1) is 10.1. The number of nitrogens with zero attached hydrogens (tertiary/aromatic N) is 2. The number of piperidine rings is 1. The fraction of sp³-hybridized carbons (Fsp3) is 0.714. The molecule has 1 aromatic heterocycles. The summed E-state index contributed by atoms with van der Waals surface area (Å²) in [5, 5.41) is 8.97. The van der Waals surface area contributed by atoms with Gasteiger partial charge in [0.1, 0.15) is 6.26 Å². The second kappa shape index (κ2) is 6.36. The lowest BCUT2D eigenvalue weighted by molar-refractivity contribution is 0.0862. The Bertz CT molecular complexity index is 499. The molecule has 2 saturated heterocycles. The van der Waals surface area contributed by atoms with Crippen molar-refractivity contribution in [3.05, 3.63) is 17.8 Å². The van der Waals surface area contributed by atoms with E-state index in [4.69, 9.17) is 14.3 Å². The van der Waals surface area contributed by atoms with Gasteiger partial charge >= 0.3 is 6.09 Å². The quantitative estimate of drug-likeness (QED) is 0.822. The summed E-state index contributed by atoms with van der Waals surface area (Å²) in [6.07, 6.45) is 3.44. The predicted molar refractivity (Wildman–Crippen MR) is 79.0 cm³/mol. The molecular weight excluding hydrogens is 340 g/mol. The van der Waals surface area contributed by atoms with Gasteiger partial charge < -0.3 is 19.2 Å². The van der Waals surface area contributed by atoms with Crippen molar-refractivity contribution in [2.24, 2.45) is 0 Å². The van der Waals surface area contributed by atoms with Crippen LogP contribution in [-0.2, 0) is 4.74 Å². The predicted octanol–water partition coefficient (Wildman–Crippen LogP) is 2.80. The Kier molecular flexibility index (Phi) is 4.49. The van der Waals surface area contributed by atoms with Gasteiger partial charge in [-0.1, -0.05) is 15.9 Å². The van der Waals surface area contributed by atoms with E-state index in [0.29, 0.717) is 25.6 Å². The SMILES string of the molecule is O=C(O)N1CCC(c2coc(C3CCOCC3Br)n2)CC1. The first kappa shape index (κ1) is 14.8. The molecule has 0 spiro atoms. The Hall–Kier alpha value is -1.08. The van der Waals surface area contributed by atoms with Gasteiger partial charge in [0.2, 0.25) is 0 Å². The fourth-order valence-corrected chi connectivity index (χ4v) is 3.68. The first-order valence-corrected chi connectivity index (χ1v) is 8.21. The molecule has 116 valence electrons. The van der Waals surface area contributed by atoms with Gasteiger partial charge in [-0.05, 0) is 19.3 Å². The van der Waals surface area contributed by atoms with Crippen molar-refractivity contribution in [1.29, 1.82) is 0 Å². The van der Waals surface area contributed by atoms with Crippen LogP contribution < -0.4 is 0 Å². The Balaban J connectivity index is 1.64. The molecule has 0 bridgehead atoms. The van der Waals surface area contributed by atoms with E-state index < -0.39 is 6.09 Å². The highest BCUT2D eigenvalue weighted by atomic mass is 79.9. The number of aromatic nitrogens is 1. The number of ether oxygens (including phenoxy) is 1. The standard InChI is InChI=1S/C14H19BrN2O4/c15-11-7-20-6-3-10(11)13-16-12(8-21-13)9-1-4-17(5-2-9)14(18)19/h8-11H,1-7H2,(H,18,19). The van der Waals surface area contributed by atoms with Gasteiger partial charge in [0, 0.05) is 30.4 Å². The summed E-state index contributed by atoms with van der Waals surface area (Å²) < 4.78 is 11.1. The molecule has 3 heterocycles. The first-order valence-electron chi connectivity index (χ1n) is 7.30. The minimum Gasteiger partial charge on any atom is -0.465 e. The molecule has 1 aromatic rings. The van der Waals surface area contributed by atoms with E-state index in [9.17, 15) is 4.79 Å². The molecule has 0 aromatic carbocycles. The summed E-state index contributed by atoms with van der Waals surface area (Å²) in [6, 6.07) is 0. The Labute approximate surface area is 131 Å². The molecule has 0 saturated carbocycles. The number of likely N-dealkylation sites (tertiary alicyclic amines) is 1. The zero-order valence-corrected chi connectivity index (χ0v) is 13.3. The number of halogens is 1. The summed E-state index contributed by atoms with van der Waals surface area (Å²) >= 11 is 3.62. The van der Waals surface area contributed by atoms with Crippen LogP contribution in [0.2, 0.25) is 0 Å². The average molecular weight is 359 g/mol. The van der Waals surface area contributed by atoms with Crippen LogP contribution in [0.1, 0.15) is 42.7 Å². The number of alkyl halides is 1. The summed E-state index contributed by atoms with van der Waals surface area (Å²) in [5.41, 5.74) is 0.959. The highest BCUT2D eigenvalue weighted by molar-refractivity contribution is 9.09. The van der Waals surface area contributed by atoms with Crippen LogP contribution in [0.4, 0.5) is 4.79 Å². The van der Waals surface area contributed by atoms with E-state index >= 15 is 0 Å². The maximum Gasteiger partial charge on any atom is 0.407 e. The topological polar surface area (TPSA) is 75.8 Å². The average Bonchev–Trinajstić information content (AvgIpc) is 2.97. The van der Waals surface area contributed by atoms with E-state index in [1.807, 2.05) is 0 Å². The number of rotatable bonds is 2. The number of hydrogen-bond donors (Lipinski definition) is 1. The van der Waals surface area contributed by atoms with Crippen LogP contribution in [-0.4, -0.2) is 52.2 Å². The second-order valence-corrected chi connectivity index (χ2v) is 6.82. The summed E-state index contributed by atoms with van der Waals surface area (Å²) in [4.78, 5) is 17.3. The summed E-state index contributed by atoms with van der Waals surface area (Å²) in [7, 11) is 0. The van der Waals surface area contributed by atoms with E-state index in [1.54, 1.807) is 6.26 Å². The zero-order chi connectivity index (χ0) is 14.8. The highest BCUT2D eigenvalue weighted by Crippen LogP contribution is 2.34. The van der Waals surface area contributed by atoms with Gasteiger partial charge in [0.15, 0.2) is 5.89 Å². The number of hydrogen-bond acceptors (Lipinski definition) is 4. The smallest absolute Gasteiger partial charge is 0.407 e. The number of carboxylic acid groups (broad SMARTS) is 1. The highest BCUT2D eigenvalue weighted by Gasteiger charge is 2.31. The van der Waals surface area contributed by atoms with Crippen LogP contribution in [0.5, 0.6) is 0 Å². The van der Waals surface area contributed by atoms with E-state index in [-0.39, 0.29) is 10.7 Å². The Morgan fingerprint density at radius 1 is 1.38 bits per heavy atom. The van der Waals surface area contributed by atoms with Crippen LogP contribution in [0.3, 0.4) is 0 Å². The Morgan fingerprint density at radius 3 is 2.81 bits per heavy atom. The third-order valence-electron chi connectivity index (χ3n) is 4.33. The van der Waals surface area contributed by atoms with Crippen molar-refractivity contribution in [2.75, 3.05) is 26.3 Å². The minimum absolute atomic E-state index is 0.242. The Morgan fingerprint density at radius 2 is 2.14 bits per heavy atom. The van der Waals surface area contributed by atoms with Crippen molar-refractivity contribution in [1.82, 2.24) is 9.88 Å². The van der Waals surface area contributed by atoms with Gasteiger partial charge in [-0.3, -0.25) is 0 Å². The summed E-state index contributed by atoms with van der Waals surface area (Å²) in [6.45, 7) is 2.56. The lowest BCUT2D eigenvalue weighted by Crippen LogP contribution is -2.36. The van der Waals surface area contributed by atoms with Gasteiger partial charge in [0.05, 0.1) is 18.2 Å². The maximum atomic E-state index is 10.9. The molecule has 1 amide bonds. The molecule has 7 heteroatoms. The molecule has 2 aliphatic rings. The number of amides is 1. The largest absolute Gasteiger partial charge is 0.465 e. The normalized spacial score (nSPS) is 27.8. The second-order valence-electron chi connectivity index (χ2n) is 5.64. The monoisotopic (exact) mass is 358 g/mol. The number of oxazole rings is 1. The molecule has 2 unspecified atom stereocenters. The molecule has 21 heavy (non-hydrogen) atoms. The van der Waals surface area contributed by atoms with Gasteiger partial charge in [-0.25, -0.2) is 9.78 Å². The fourth-order valence-electron chi connectivity index (χ4n) is 3.01. The van der Waals surface area contributed by atoms with Crippen molar-refractivity contribution >= 4 is 22.0 Å². The molecule has 6 nitrogen and oxygen atoms in total. The van der Waals surface area contributed by atoms with Crippen LogP contribution in [0.25, 0.3) is 0 Å². The van der Waals surface area contributed by atoms with Crippen molar-refractivity contribution in [3.63, 3.8) is 0 Å². The molecule has 3 rings (SSSR count). The van der Waals surface area contributed by atoms with Gasteiger partial charge in [-0.15, -0.1) is 0 Å².